The highest BCUT2D eigenvalue weighted by molar-refractivity contribution is 5.79. The summed E-state index contributed by atoms with van der Waals surface area (Å²) >= 11 is 0. The van der Waals surface area contributed by atoms with Gasteiger partial charge in [0, 0.05) is 26.8 Å². The van der Waals surface area contributed by atoms with Crippen LogP contribution in [0.5, 0.6) is 0 Å². The molecule has 0 rings (SSSR count). The number of guanidine groups is 1. The number of hydrogen-bond donors (Lipinski definition) is 2. The molecule has 0 atom stereocenters. The predicted octanol–water partition coefficient (Wildman–Crippen LogP) is -0.189. The van der Waals surface area contributed by atoms with Gasteiger partial charge in [0.05, 0.1) is 19.8 Å². The number of nitrogens with one attached hydrogen (secondary N) is 1. The van der Waals surface area contributed by atoms with Gasteiger partial charge in [-0.25, -0.2) is 10.8 Å². The van der Waals surface area contributed by atoms with Crippen LogP contribution in [0.15, 0.2) is 4.99 Å². The first kappa shape index (κ1) is 15.2. The van der Waals surface area contributed by atoms with Gasteiger partial charge in [0.1, 0.15) is 0 Å². The van der Waals surface area contributed by atoms with Gasteiger partial charge in [-0.05, 0) is 13.8 Å². The largest absolute Gasteiger partial charge is 0.383 e. The molecule has 0 spiro atoms. The van der Waals surface area contributed by atoms with Crippen molar-refractivity contribution in [2.24, 2.45) is 10.8 Å². The second-order valence-electron chi connectivity index (χ2n) is 3.12. The fraction of sp³-hybridized carbons (Fsp3) is 0.900. The fourth-order valence-corrected chi connectivity index (χ4v) is 1.21. The number of likely N-dealkylation sites (N-methyl/N-ethyl adjacent to an activating group) is 1. The Labute approximate surface area is 97.8 Å². The van der Waals surface area contributed by atoms with Gasteiger partial charge in [0.2, 0.25) is 5.96 Å². The van der Waals surface area contributed by atoms with E-state index >= 15 is 0 Å². The van der Waals surface area contributed by atoms with Gasteiger partial charge in [0.15, 0.2) is 0 Å². The Morgan fingerprint density at radius 3 is 2.62 bits per heavy atom. The first-order valence-electron chi connectivity index (χ1n) is 5.62. The number of aliphatic imine (C=N–C) groups is 1. The first-order valence-corrected chi connectivity index (χ1v) is 5.62. The minimum absolute atomic E-state index is 0.591. The quantitative estimate of drug-likeness (QED) is 0.199. The maximum Gasteiger partial charge on any atom is 0.208 e. The minimum atomic E-state index is 0.591. The molecule has 0 aliphatic carbocycles. The van der Waals surface area contributed by atoms with Crippen molar-refractivity contribution in [2.45, 2.75) is 13.8 Å². The molecular weight excluding hydrogens is 208 g/mol. The molecule has 16 heavy (non-hydrogen) atoms. The van der Waals surface area contributed by atoms with Gasteiger partial charge in [-0.15, -0.1) is 0 Å². The van der Waals surface area contributed by atoms with Crippen LogP contribution in [0, 0.1) is 0 Å². The zero-order valence-electron chi connectivity index (χ0n) is 10.5. The number of ether oxygens (including phenoxy) is 2. The summed E-state index contributed by atoms with van der Waals surface area (Å²) in [5.74, 6) is 6.11. The lowest BCUT2D eigenvalue weighted by Gasteiger charge is -2.23. The van der Waals surface area contributed by atoms with E-state index in [9.17, 15) is 0 Å². The third kappa shape index (κ3) is 6.60. The fourth-order valence-electron chi connectivity index (χ4n) is 1.21. The molecule has 0 aliphatic rings. The van der Waals surface area contributed by atoms with Crippen molar-refractivity contribution in [1.82, 2.24) is 10.3 Å². The maximum absolute atomic E-state index is 5.43. The molecule has 0 aromatic rings. The summed E-state index contributed by atoms with van der Waals surface area (Å²) in [6.45, 7) is 8.23. The molecule has 0 heterocycles. The molecule has 0 aromatic heterocycles. The molecule has 0 aliphatic heterocycles. The third-order valence-corrected chi connectivity index (χ3v) is 2.08. The van der Waals surface area contributed by atoms with E-state index in [4.69, 9.17) is 15.3 Å². The molecule has 6 nitrogen and oxygen atoms in total. The zero-order valence-corrected chi connectivity index (χ0v) is 10.5. The topological polar surface area (TPSA) is 72.1 Å². The molecule has 6 heteroatoms. The standard InChI is InChI=1S/C10H24N4O2/c1-4-14(7-9-16-5-2)10(13-11)12-6-8-15-3/h4-9,11H2,1-3H3,(H,12,13). The van der Waals surface area contributed by atoms with Crippen molar-refractivity contribution >= 4 is 5.96 Å². The summed E-state index contributed by atoms with van der Waals surface area (Å²) in [5, 5.41) is 0. The van der Waals surface area contributed by atoms with Crippen molar-refractivity contribution in [3.63, 3.8) is 0 Å². The number of nitrogens with zero attached hydrogens (tertiary/aromatic N) is 2. The van der Waals surface area contributed by atoms with E-state index < -0.39 is 0 Å². The Morgan fingerprint density at radius 1 is 1.38 bits per heavy atom. The van der Waals surface area contributed by atoms with Crippen LogP contribution in [-0.2, 0) is 9.47 Å². The van der Waals surface area contributed by atoms with Crippen LogP contribution in [-0.4, -0.2) is 57.4 Å². The summed E-state index contributed by atoms with van der Waals surface area (Å²) in [6, 6.07) is 0. The van der Waals surface area contributed by atoms with Gasteiger partial charge in [-0.3, -0.25) is 5.43 Å². The molecule has 0 saturated carbocycles. The highest BCUT2D eigenvalue weighted by Crippen LogP contribution is 1.90. The number of hydrazine groups is 1. The molecule has 96 valence electrons. The predicted molar refractivity (Wildman–Crippen MR) is 65.2 cm³/mol. The maximum atomic E-state index is 5.43. The molecule has 3 N–H and O–H groups in total. The molecule has 0 aromatic carbocycles. The summed E-state index contributed by atoms with van der Waals surface area (Å²) in [5.41, 5.74) is 2.60. The molecule has 0 amide bonds. The van der Waals surface area contributed by atoms with Crippen LogP contribution in [0.3, 0.4) is 0 Å². The van der Waals surface area contributed by atoms with Gasteiger partial charge < -0.3 is 14.4 Å². The Hall–Kier alpha value is -0.850. The van der Waals surface area contributed by atoms with E-state index in [1.165, 1.54) is 0 Å². The average molecular weight is 232 g/mol. The SMILES string of the molecule is CCOCCN(CC)C(=NCCOC)NN. The monoisotopic (exact) mass is 232 g/mol. The van der Waals surface area contributed by atoms with Gasteiger partial charge in [-0.1, -0.05) is 0 Å². The van der Waals surface area contributed by atoms with Crippen molar-refractivity contribution in [3.8, 4) is 0 Å². The molecular formula is C10H24N4O2. The molecule has 0 fully saturated rings. The number of nitrogens with two attached hydrogens (primary N) is 1. The average Bonchev–Trinajstić information content (AvgIpc) is 2.31. The van der Waals surface area contributed by atoms with E-state index in [-0.39, 0.29) is 0 Å². The molecule has 0 saturated heterocycles. The second kappa shape index (κ2) is 10.7. The van der Waals surface area contributed by atoms with Crippen molar-refractivity contribution in [1.29, 1.82) is 0 Å². The third-order valence-electron chi connectivity index (χ3n) is 2.08. The van der Waals surface area contributed by atoms with Gasteiger partial charge in [0.25, 0.3) is 0 Å². The smallest absolute Gasteiger partial charge is 0.208 e. The van der Waals surface area contributed by atoms with E-state index in [1.807, 2.05) is 11.8 Å². The van der Waals surface area contributed by atoms with E-state index in [1.54, 1.807) is 7.11 Å². The highest BCUT2D eigenvalue weighted by atomic mass is 16.5. The lowest BCUT2D eigenvalue weighted by atomic mass is 10.5. The number of rotatable bonds is 8. The van der Waals surface area contributed by atoms with Crippen molar-refractivity contribution in [3.05, 3.63) is 0 Å². The zero-order chi connectivity index (χ0) is 12.2. The van der Waals surface area contributed by atoms with Crippen LogP contribution in [0.4, 0.5) is 0 Å². The lowest BCUT2D eigenvalue weighted by Crippen LogP contribution is -2.46. The first-order chi connectivity index (χ1) is 7.79. The van der Waals surface area contributed by atoms with Crippen LogP contribution >= 0.6 is 0 Å². The summed E-state index contributed by atoms with van der Waals surface area (Å²) in [6.07, 6.45) is 0. The van der Waals surface area contributed by atoms with Crippen molar-refractivity contribution < 1.29 is 9.47 Å². The molecule has 0 bridgehead atoms. The Morgan fingerprint density at radius 2 is 2.12 bits per heavy atom. The molecule has 0 unspecified atom stereocenters. The van der Waals surface area contributed by atoms with Crippen LogP contribution in [0.2, 0.25) is 0 Å². The van der Waals surface area contributed by atoms with Crippen molar-refractivity contribution in [2.75, 3.05) is 46.6 Å². The van der Waals surface area contributed by atoms with Crippen LogP contribution in [0.1, 0.15) is 13.8 Å². The minimum Gasteiger partial charge on any atom is -0.383 e. The summed E-state index contributed by atoms with van der Waals surface area (Å²) < 4.78 is 10.2. The Bertz CT molecular complexity index is 188. The lowest BCUT2D eigenvalue weighted by molar-refractivity contribution is 0.132. The van der Waals surface area contributed by atoms with Crippen LogP contribution < -0.4 is 11.3 Å². The van der Waals surface area contributed by atoms with Gasteiger partial charge >= 0.3 is 0 Å². The Balaban J connectivity index is 4.09. The van der Waals surface area contributed by atoms with E-state index in [2.05, 4.69) is 17.3 Å². The number of hydrogen-bond acceptors (Lipinski definition) is 4. The van der Waals surface area contributed by atoms with Gasteiger partial charge in [-0.2, -0.15) is 0 Å². The number of methoxy groups -OCH3 is 1. The Kier molecular flexibility index (Phi) is 10.1. The van der Waals surface area contributed by atoms with Crippen LogP contribution in [0.25, 0.3) is 0 Å². The summed E-state index contributed by atoms with van der Waals surface area (Å²) in [7, 11) is 1.65. The highest BCUT2D eigenvalue weighted by Gasteiger charge is 2.06. The van der Waals surface area contributed by atoms with E-state index in [0.717, 1.165) is 19.7 Å². The second-order valence-corrected chi connectivity index (χ2v) is 3.12. The summed E-state index contributed by atoms with van der Waals surface area (Å²) in [4.78, 5) is 6.34. The normalized spacial score (nSPS) is 11.6. The molecule has 0 radical (unpaired) electrons. The van der Waals surface area contributed by atoms with E-state index in [0.29, 0.717) is 25.7 Å².